The molecule has 0 radical (unpaired) electrons. The molecule has 4 unspecified atom stereocenters. The summed E-state index contributed by atoms with van der Waals surface area (Å²) in [4.78, 5) is 19.3. The van der Waals surface area contributed by atoms with Crippen LogP contribution in [0.4, 0.5) is 5.69 Å². The van der Waals surface area contributed by atoms with E-state index in [2.05, 4.69) is 59.4 Å². The summed E-state index contributed by atoms with van der Waals surface area (Å²) in [7, 11) is 1.64. The molecule has 2 saturated heterocycles. The lowest BCUT2D eigenvalue weighted by Crippen LogP contribution is -2.65. The first kappa shape index (κ1) is 41.5. The van der Waals surface area contributed by atoms with Crippen LogP contribution in [0.2, 0.25) is 0 Å². The fourth-order valence-corrected chi connectivity index (χ4v) is 14.5. The van der Waals surface area contributed by atoms with Gasteiger partial charge in [-0.05, 0) is 121 Å². The van der Waals surface area contributed by atoms with Crippen LogP contribution in [0.25, 0.3) is 0 Å². The van der Waals surface area contributed by atoms with Gasteiger partial charge >= 0.3 is 0 Å². The molecule has 0 spiro atoms. The van der Waals surface area contributed by atoms with Crippen LogP contribution in [0.1, 0.15) is 119 Å². The molecule has 0 aromatic heterocycles. The van der Waals surface area contributed by atoms with Crippen molar-refractivity contribution in [2.75, 3.05) is 38.3 Å². The normalized spacial score (nSPS) is 46.8. The zero-order chi connectivity index (χ0) is 40.9. The molecular weight excluding hydrogens is 721 g/mol. The van der Waals surface area contributed by atoms with Crippen molar-refractivity contribution in [2.45, 2.75) is 156 Å². The number of nitrogens with zero attached hydrogens (tertiary/aromatic N) is 2. The van der Waals surface area contributed by atoms with Crippen LogP contribution in [0.5, 0.6) is 5.75 Å². The molecule has 1 aromatic rings. The van der Waals surface area contributed by atoms with Gasteiger partial charge in [0, 0.05) is 18.5 Å². The summed E-state index contributed by atoms with van der Waals surface area (Å²) in [6.07, 6.45) is 7.40. The molecule has 7 aliphatic rings. The number of rotatable bonds is 6. The van der Waals surface area contributed by atoms with E-state index in [9.17, 15) is 20.4 Å². The number of benzene rings is 1. The van der Waals surface area contributed by atoms with Crippen molar-refractivity contribution in [3.63, 3.8) is 0 Å². The van der Waals surface area contributed by atoms with Crippen LogP contribution in [0.3, 0.4) is 0 Å². The molecule has 318 valence electrons. The Balaban J connectivity index is 1.09. The molecule has 2 aliphatic heterocycles. The van der Waals surface area contributed by atoms with Gasteiger partial charge in [0.05, 0.1) is 25.9 Å². The van der Waals surface area contributed by atoms with Gasteiger partial charge in [-0.1, -0.05) is 78.7 Å². The maximum atomic E-state index is 15.3. The lowest BCUT2D eigenvalue weighted by atomic mass is 9.34. The van der Waals surface area contributed by atoms with Crippen LogP contribution in [0.15, 0.2) is 35.9 Å². The molecule has 8 rings (SSSR count). The molecule has 1 aromatic carbocycles. The Morgan fingerprint density at radius 1 is 0.877 bits per heavy atom. The first-order chi connectivity index (χ1) is 26.9. The first-order valence-corrected chi connectivity index (χ1v) is 22.2. The highest BCUT2D eigenvalue weighted by atomic mass is 16.7. The van der Waals surface area contributed by atoms with Gasteiger partial charge in [-0.25, -0.2) is 0 Å². The highest BCUT2D eigenvalue weighted by Gasteiger charge is 2.67. The highest BCUT2D eigenvalue weighted by Crippen LogP contribution is 2.75. The number of ether oxygens (including phenoxy) is 3. The number of amides is 1. The minimum absolute atomic E-state index is 0.0454. The summed E-state index contributed by atoms with van der Waals surface area (Å²) in [6, 6.07) is 7.76. The Labute approximate surface area is 341 Å². The van der Waals surface area contributed by atoms with E-state index in [1.54, 1.807) is 12.7 Å². The lowest BCUT2D eigenvalue weighted by molar-refractivity contribution is -0.321. The van der Waals surface area contributed by atoms with Crippen LogP contribution in [0, 0.1) is 50.2 Å². The molecule has 14 atom stereocenters. The van der Waals surface area contributed by atoms with Crippen molar-refractivity contribution >= 4 is 11.6 Å². The Hall–Kier alpha value is -2.21. The molecule has 6 fully saturated rings. The number of carbonyl (C=O) groups excluding carboxylic acids is 1. The Morgan fingerprint density at radius 2 is 1.61 bits per heavy atom. The van der Waals surface area contributed by atoms with Crippen LogP contribution in [-0.4, -0.2) is 102 Å². The SMILES string of the molecule is COc1ccccc1N1CCN(C(=O)C2(C)CC[C@]3(C)CC[C@]4(C)C(=CCC5[C@@]6(C)CCCC(C)(C)C6CC[C@]54C)[C@H]3C2)C(O[C@@H]2O[C@H](CO)[C@@H](O)[C@@H](O)[C@H]2O)C1. The minimum Gasteiger partial charge on any atom is -0.495 e. The largest absolute Gasteiger partial charge is 0.495 e. The number of aliphatic hydroxyl groups excluding tert-OH is 4. The third-order valence-electron chi connectivity index (χ3n) is 18.3. The second-order valence-electron chi connectivity index (χ2n) is 21.5. The second kappa shape index (κ2) is 14.5. The van der Waals surface area contributed by atoms with Crippen molar-refractivity contribution in [2.24, 2.45) is 50.2 Å². The van der Waals surface area contributed by atoms with Gasteiger partial charge in [-0.2, -0.15) is 0 Å². The second-order valence-corrected chi connectivity index (χ2v) is 21.5. The van der Waals surface area contributed by atoms with E-state index in [0.29, 0.717) is 41.5 Å². The molecular formula is C47H72N2O8. The Bertz CT molecular complexity index is 1720. The number of para-hydroxylation sites is 2. The molecule has 2 heterocycles. The lowest BCUT2D eigenvalue weighted by Gasteiger charge is -2.71. The number of fused-ring (bicyclic) bond motifs is 7. The fourth-order valence-electron chi connectivity index (χ4n) is 14.5. The third kappa shape index (κ3) is 6.35. The van der Waals surface area contributed by atoms with Crippen LogP contribution < -0.4 is 9.64 Å². The maximum Gasteiger partial charge on any atom is 0.230 e. The summed E-state index contributed by atoms with van der Waals surface area (Å²) in [6.45, 7) is 18.3. The molecule has 5 aliphatic carbocycles. The quantitative estimate of drug-likeness (QED) is 0.233. The standard InChI is InChI=1S/C47H72N2O8/c1-42(2)17-11-18-45(5)34(42)16-19-47(7)35(45)15-14-29-30-26-44(4,21-20-43(30,3)22-23-46(29,47)6)41(54)49-25-24-48(31-12-9-10-13-32(31)55-8)27-36(49)57-40-39(53)38(52)37(51)33(28-50)56-40/h9-10,12-14,30,33-40,50-53H,11,15-28H2,1-8H3/t30-,33-,34?,35?,36?,37-,38-,39-,40+,43-,44?,45+,46-,47-/m1/s1. The first-order valence-electron chi connectivity index (χ1n) is 22.2. The number of aliphatic hydroxyl groups is 4. The number of carbonyl (C=O) groups is 1. The summed E-state index contributed by atoms with van der Waals surface area (Å²) in [5, 5.41) is 42.2. The molecule has 10 nitrogen and oxygen atoms in total. The van der Waals surface area contributed by atoms with Crippen molar-refractivity contribution in [1.29, 1.82) is 0 Å². The maximum absolute atomic E-state index is 15.3. The zero-order valence-corrected chi connectivity index (χ0v) is 36.0. The molecule has 4 saturated carbocycles. The topological polar surface area (TPSA) is 132 Å². The minimum atomic E-state index is -1.58. The Kier molecular flexibility index (Phi) is 10.5. The molecule has 1 amide bonds. The molecule has 0 bridgehead atoms. The fraction of sp³-hybridized carbons (Fsp3) is 0.809. The van der Waals surface area contributed by atoms with E-state index in [4.69, 9.17) is 14.2 Å². The van der Waals surface area contributed by atoms with E-state index in [0.717, 1.165) is 37.3 Å². The number of piperazine rings is 1. The monoisotopic (exact) mass is 793 g/mol. The van der Waals surface area contributed by atoms with Crippen molar-refractivity contribution in [3.05, 3.63) is 35.9 Å². The predicted octanol–water partition coefficient (Wildman–Crippen LogP) is 6.68. The average Bonchev–Trinajstić information content (AvgIpc) is 3.18. The van der Waals surface area contributed by atoms with Crippen molar-refractivity contribution in [1.82, 2.24) is 4.90 Å². The highest BCUT2D eigenvalue weighted by molar-refractivity contribution is 5.83. The molecule has 10 heteroatoms. The number of hydrogen-bond donors (Lipinski definition) is 4. The molecule has 57 heavy (non-hydrogen) atoms. The zero-order valence-electron chi connectivity index (χ0n) is 36.0. The van der Waals surface area contributed by atoms with Crippen LogP contribution >= 0.6 is 0 Å². The number of allylic oxidation sites excluding steroid dienone is 2. The summed E-state index contributed by atoms with van der Waals surface area (Å²) >= 11 is 0. The van der Waals surface area contributed by atoms with E-state index in [1.807, 2.05) is 29.2 Å². The van der Waals surface area contributed by atoms with E-state index < -0.39 is 49.0 Å². The van der Waals surface area contributed by atoms with E-state index >= 15 is 4.79 Å². The smallest absolute Gasteiger partial charge is 0.230 e. The number of anilines is 1. The average molecular weight is 793 g/mol. The van der Waals surface area contributed by atoms with Gasteiger partial charge in [0.2, 0.25) is 5.91 Å². The predicted molar refractivity (Wildman–Crippen MR) is 219 cm³/mol. The van der Waals surface area contributed by atoms with Gasteiger partial charge in [0.1, 0.15) is 30.2 Å². The van der Waals surface area contributed by atoms with Crippen molar-refractivity contribution < 1.29 is 39.4 Å². The van der Waals surface area contributed by atoms with E-state index in [-0.39, 0.29) is 28.7 Å². The summed E-state index contributed by atoms with van der Waals surface area (Å²) in [5.41, 5.74) is 3.03. The summed E-state index contributed by atoms with van der Waals surface area (Å²) < 4.78 is 18.1. The van der Waals surface area contributed by atoms with Gasteiger partial charge in [0.25, 0.3) is 0 Å². The van der Waals surface area contributed by atoms with Gasteiger partial charge in [0.15, 0.2) is 12.5 Å². The van der Waals surface area contributed by atoms with Crippen LogP contribution in [-0.2, 0) is 14.3 Å². The third-order valence-corrected chi connectivity index (χ3v) is 18.3. The van der Waals surface area contributed by atoms with Crippen molar-refractivity contribution in [3.8, 4) is 5.75 Å². The van der Waals surface area contributed by atoms with Gasteiger partial charge in [-0.3, -0.25) is 4.79 Å². The van der Waals surface area contributed by atoms with Gasteiger partial charge < -0.3 is 44.4 Å². The number of hydrogen-bond acceptors (Lipinski definition) is 9. The molecule has 4 N–H and O–H groups in total. The van der Waals surface area contributed by atoms with E-state index in [1.165, 1.54) is 44.9 Å². The summed E-state index contributed by atoms with van der Waals surface area (Å²) in [5.74, 6) is 2.49. The number of methoxy groups -OCH3 is 1. The Morgan fingerprint density at radius 3 is 2.35 bits per heavy atom. The van der Waals surface area contributed by atoms with Gasteiger partial charge in [-0.15, -0.1) is 0 Å².